The zero-order chi connectivity index (χ0) is 31.5. The summed E-state index contributed by atoms with van der Waals surface area (Å²) in [5.41, 5.74) is 6.86. The van der Waals surface area contributed by atoms with E-state index in [1.807, 2.05) is 42.8 Å². The Bertz CT molecular complexity index is 1720. The van der Waals surface area contributed by atoms with E-state index in [1.165, 1.54) is 6.20 Å². The lowest BCUT2D eigenvalue weighted by Crippen LogP contribution is -2.36. The van der Waals surface area contributed by atoms with Crippen LogP contribution in [-0.2, 0) is 38.0 Å². The number of hydrogen-bond donors (Lipinski definition) is 3. The van der Waals surface area contributed by atoms with Crippen molar-refractivity contribution in [2.45, 2.75) is 53.0 Å². The Morgan fingerprint density at radius 3 is 2.48 bits per heavy atom. The molecule has 11 heteroatoms. The summed E-state index contributed by atoms with van der Waals surface area (Å²) < 4.78 is 7.07. The average molecular weight is 617 g/mol. The number of carbonyl (C=O) groups excluding carboxylic acids is 2. The summed E-state index contributed by atoms with van der Waals surface area (Å²) in [5, 5.41) is 15.8. The quantitative estimate of drug-likeness (QED) is 0.232. The lowest BCUT2D eigenvalue weighted by Gasteiger charge is -2.29. The number of amides is 2. The SMILES string of the molecule is COCc1cc(C(=O)Nc2cccc(-c3cccc(NC(=O)c4nc5c(n4C)CCN(C(C)C)C5)c3Cl)c2C)ncc1CO. The van der Waals surface area contributed by atoms with Crippen LogP contribution in [0, 0.1) is 6.92 Å². The molecule has 1 aliphatic heterocycles. The Morgan fingerprint density at radius 2 is 1.77 bits per heavy atom. The van der Waals surface area contributed by atoms with E-state index < -0.39 is 5.91 Å². The second-order valence-corrected chi connectivity index (χ2v) is 11.6. The number of fused-ring (bicyclic) bond motifs is 1. The summed E-state index contributed by atoms with van der Waals surface area (Å²) in [6.07, 6.45) is 2.32. The first kappa shape index (κ1) is 31.3. The molecule has 0 spiro atoms. The van der Waals surface area contributed by atoms with Crippen LogP contribution in [-0.4, -0.2) is 56.1 Å². The number of benzene rings is 2. The van der Waals surface area contributed by atoms with Gasteiger partial charge in [0.25, 0.3) is 11.8 Å². The Hall–Kier alpha value is -4.09. The molecule has 3 N–H and O–H groups in total. The summed E-state index contributed by atoms with van der Waals surface area (Å²) in [6.45, 7) is 7.91. The van der Waals surface area contributed by atoms with Gasteiger partial charge in [-0.3, -0.25) is 19.5 Å². The van der Waals surface area contributed by atoms with Gasteiger partial charge in [0.05, 0.1) is 29.6 Å². The molecule has 2 aromatic carbocycles. The third kappa shape index (κ3) is 6.25. The monoisotopic (exact) mass is 616 g/mol. The molecule has 0 radical (unpaired) electrons. The van der Waals surface area contributed by atoms with E-state index in [2.05, 4.69) is 34.4 Å². The molecular formula is C33H37ClN6O4. The lowest BCUT2D eigenvalue weighted by molar-refractivity contribution is 0.100. The predicted octanol–water partition coefficient (Wildman–Crippen LogP) is 5.35. The number of nitrogens with zero attached hydrogens (tertiary/aromatic N) is 4. The van der Waals surface area contributed by atoms with Gasteiger partial charge in [-0.15, -0.1) is 0 Å². The number of hydrogen-bond acceptors (Lipinski definition) is 7. The van der Waals surface area contributed by atoms with Crippen LogP contribution in [0.15, 0.2) is 48.7 Å². The fraction of sp³-hybridized carbons (Fsp3) is 0.333. The highest BCUT2D eigenvalue weighted by Crippen LogP contribution is 2.37. The zero-order valence-corrected chi connectivity index (χ0v) is 26.3. The van der Waals surface area contributed by atoms with Crippen LogP contribution in [0.1, 0.15) is 63.0 Å². The molecule has 5 rings (SSSR count). The van der Waals surface area contributed by atoms with Gasteiger partial charge in [-0.1, -0.05) is 35.9 Å². The number of aromatic nitrogens is 3. The second-order valence-electron chi connectivity index (χ2n) is 11.2. The predicted molar refractivity (Wildman–Crippen MR) is 171 cm³/mol. The molecule has 4 aromatic rings. The number of aliphatic hydroxyl groups excluding tert-OH is 1. The summed E-state index contributed by atoms with van der Waals surface area (Å²) in [5.74, 6) is -0.381. The molecule has 44 heavy (non-hydrogen) atoms. The topological polar surface area (TPSA) is 122 Å². The van der Waals surface area contributed by atoms with Crippen LogP contribution in [0.4, 0.5) is 11.4 Å². The molecule has 0 unspecified atom stereocenters. The molecule has 10 nitrogen and oxygen atoms in total. The van der Waals surface area contributed by atoms with Gasteiger partial charge >= 0.3 is 0 Å². The molecule has 0 fully saturated rings. The molecule has 3 heterocycles. The van der Waals surface area contributed by atoms with Gasteiger partial charge in [0.1, 0.15) is 5.69 Å². The number of aliphatic hydroxyl groups is 1. The van der Waals surface area contributed by atoms with Crippen LogP contribution in [0.5, 0.6) is 0 Å². The van der Waals surface area contributed by atoms with Crippen LogP contribution in [0.2, 0.25) is 5.02 Å². The number of ether oxygens (including phenoxy) is 1. The number of pyridine rings is 1. The van der Waals surface area contributed by atoms with Crippen LogP contribution < -0.4 is 10.6 Å². The highest BCUT2D eigenvalue weighted by Gasteiger charge is 2.27. The minimum Gasteiger partial charge on any atom is -0.392 e. The highest BCUT2D eigenvalue weighted by molar-refractivity contribution is 6.36. The molecule has 0 atom stereocenters. The van der Waals surface area contributed by atoms with Gasteiger partial charge in [0, 0.05) is 68.4 Å². The number of imidazole rings is 1. The van der Waals surface area contributed by atoms with Crippen molar-refractivity contribution in [2.75, 3.05) is 24.3 Å². The summed E-state index contributed by atoms with van der Waals surface area (Å²) in [4.78, 5) is 37.8. The number of carbonyl (C=O) groups is 2. The first-order valence-corrected chi connectivity index (χ1v) is 14.9. The molecule has 0 saturated heterocycles. The van der Waals surface area contributed by atoms with Crippen molar-refractivity contribution in [1.82, 2.24) is 19.4 Å². The van der Waals surface area contributed by atoms with Gasteiger partial charge in [-0.05, 0) is 55.7 Å². The lowest BCUT2D eigenvalue weighted by atomic mass is 9.98. The van der Waals surface area contributed by atoms with Crippen molar-refractivity contribution in [2.24, 2.45) is 7.05 Å². The van der Waals surface area contributed by atoms with Gasteiger partial charge in [0.15, 0.2) is 5.82 Å². The first-order valence-electron chi connectivity index (χ1n) is 14.5. The minimum absolute atomic E-state index is 0.199. The smallest absolute Gasteiger partial charge is 0.291 e. The Balaban J connectivity index is 1.38. The van der Waals surface area contributed by atoms with E-state index >= 15 is 0 Å². The number of methoxy groups -OCH3 is 1. The third-order valence-corrected chi connectivity index (χ3v) is 8.53. The van der Waals surface area contributed by atoms with Crippen molar-refractivity contribution >= 4 is 34.8 Å². The van der Waals surface area contributed by atoms with Crippen molar-refractivity contribution in [3.8, 4) is 11.1 Å². The Morgan fingerprint density at radius 1 is 1.07 bits per heavy atom. The number of halogens is 1. The fourth-order valence-electron chi connectivity index (χ4n) is 5.54. The average Bonchev–Trinajstić information content (AvgIpc) is 3.35. The van der Waals surface area contributed by atoms with Crippen molar-refractivity contribution in [3.05, 3.63) is 93.3 Å². The maximum atomic E-state index is 13.4. The largest absolute Gasteiger partial charge is 0.392 e. The molecule has 0 saturated carbocycles. The number of anilines is 2. The van der Waals surface area contributed by atoms with Gasteiger partial charge in [-0.2, -0.15) is 0 Å². The molecule has 0 bridgehead atoms. The highest BCUT2D eigenvalue weighted by atomic mass is 35.5. The molecule has 2 amide bonds. The van der Waals surface area contributed by atoms with Crippen LogP contribution >= 0.6 is 11.6 Å². The van der Waals surface area contributed by atoms with Crippen molar-refractivity contribution in [1.29, 1.82) is 0 Å². The van der Waals surface area contributed by atoms with E-state index in [0.717, 1.165) is 42.0 Å². The van der Waals surface area contributed by atoms with Crippen LogP contribution in [0.3, 0.4) is 0 Å². The van der Waals surface area contributed by atoms with Gasteiger partial charge in [0.2, 0.25) is 0 Å². The summed E-state index contributed by atoms with van der Waals surface area (Å²) >= 11 is 6.89. The molecule has 1 aliphatic rings. The molecular weight excluding hydrogens is 580 g/mol. The standard InChI is InChI=1S/C33H37ClN6O4/c1-19(2)40-13-12-29-28(16-40)36-31(39(29)4)33(43)38-26-11-7-9-24(30(26)34)23-8-6-10-25(20(23)3)37-32(42)27-14-21(18-44-5)22(17-41)15-35-27/h6-11,14-15,19,41H,12-13,16-18H2,1-5H3,(H,37,42)(H,38,43). The fourth-order valence-corrected chi connectivity index (χ4v) is 5.81. The summed E-state index contributed by atoms with van der Waals surface area (Å²) in [6, 6.07) is 13.0. The molecule has 2 aromatic heterocycles. The number of nitrogens with one attached hydrogen (secondary N) is 2. The minimum atomic E-state index is -0.395. The van der Waals surface area contributed by atoms with E-state index in [-0.39, 0.29) is 24.8 Å². The molecule has 0 aliphatic carbocycles. The second kappa shape index (κ2) is 13.3. The van der Waals surface area contributed by atoms with E-state index in [0.29, 0.717) is 45.0 Å². The van der Waals surface area contributed by atoms with Gasteiger partial charge in [-0.25, -0.2) is 4.98 Å². The molecule has 230 valence electrons. The number of rotatable bonds is 9. The van der Waals surface area contributed by atoms with Crippen LogP contribution in [0.25, 0.3) is 11.1 Å². The summed E-state index contributed by atoms with van der Waals surface area (Å²) in [7, 11) is 3.43. The van der Waals surface area contributed by atoms with E-state index in [1.54, 1.807) is 25.3 Å². The van der Waals surface area contributed by atoms with Crippen molar-refractivity contribution in [3.63, 3.8) is 0 Å². The first-order chi connectivity index (χ1) is 21.1. The zero-order valence-electron chi connectivity index (χ0n) is 25.6. The maximum absolute atomic E-state index is 13.4. The van der Waals surface area contributed by atoms with E-state index in [4.69, 9.17) is 21.3 Å². The Labute approximate surface area is 262 Å². The normalized spacial score (nSPS) is 13.2. The van der Waals surface area contributed by atoms with Gasteiger partial charge < -0.3 is 25.0 Å². The third-order valence-electron chi connectivity index (χ3n) is 8.12. The maximum Gasteiger partial charge on any atom is 0.291 e. The van der Waals surface area contributed by atoms with Crippen molar-refractivity contribution < 1.29 is 19.4 Å². The van der Waals surface area contributed by atoms with E-state index in [9.17, 15) is 14.7 Å². The Kier molecular flexibility index (Phi) is 9.45.